The van der Waals surface area contributed by atoms with Crippen molar-refractivity contribution in [2.75, 3.05) is 5.32 Å². The quantitative estimate of drug-likeness (QED) is 0.583. The highest BCUT2D eigenvalue weighted by molar-refractivity contribution is 6.42. The first-order valence-corrected chi connectivity index (χ1v) is 8.88. The zero-order chi connectivity index (χ0) is 19.2. The molecule has 1 aromatic heterocycles. The molecule has 0 bridgehead atoms. The maximum Gasteiger partial charge on any atom is 0.265 e. The zero-order valence-electron chi connectivity index (χ0n) is 14.4. The van der Waals surface area contributed by atoms with Crippen LogP contribution in [0.15, 0.2) is 67.0 Å². The number of rotatable bonds is 6. The average Bonchev–Trinajstić information content (AvgIpc) is 2.66. The van der Waals surface area contributed by atoms with E-state index in [1.807, 2.05) is 0 Å². The highest BCUT2D eigenvalue weighted by Crippen LogP contribution is 2.32. The van der Waals surface area contributed by atoms with E-state index < -0.39 is 6.10 Å². The Bertz CT molecular complexity index is 936. The van der Waals surface area contributed by atoms with Gasteiger partial charge in [-0.2, -0.15) is 0 Å². The molecule has 1 amide bonds. The normalized spacial score (nSPS) is 11.5. The van der Waals surface area contributed by atoms with Crippen LogP contribution in [0.3, 0.4) is 0 Å². The summed E-state index contributed by atoms with van der Waals surface area (Å²) in [5.74, 6) is 1.26. The van der Waals surface area contributed by atoms with Gasteiger partial charge in [-0.25, -0.2) is 0 Å². The van der Waals surface area contributed by atoms with Crippen molar-refractivity contribution in [2.45, 2.75) is 13.0 Å². The Hall–Kier alpha value is -2.76. The molecule has 138 valence electrons. The first-order chi connectivity index (χ1) is 13.0. The molecule has 0 fully saturated rings. The third-order valence-corrected chi connectivity index (χ3v) is 4.38. The van der Waals surface area contributed by atoms with Crippen LogP contribution < -0.4 is 14.8 Å². The summed E-state index contributed by atoms with van der Waals surface area (Å²) >= 11 is 12.1. The van der Waals surface area contributed by atoms with Gasteiger partial charge in [-0.15, -0.1) is 0 Å². The maximum atomic E-state index is 12.4. The number of pyridine rings is 1. The summed E-state index contributed by atoms with van der Waals surface area (Å²) in [7, 11) is 0. The fourth-order valence-electron chi connectivity index (χ4n) is 2.24. The topological polar surface area (TPSA) is 60.5 Å². The van der Waals surface area contributed by atoms with E-state index in [1.54, 1.807) is 73.9 Å². The molecule has 27 heavy (non-hydrogen) atoms. The van der Waals surface area contributed by atoms with Crippen LogP contribution in [-0.2, 0) is 4.79 Å². The van der Waals surface area contributed by atoms with Crippen LogP contribution >= 0.6 is 23.2 Å². The Morgan fingerprint density at radius 1 is 1.04 bits per heavy atom. The molecule has 0 saturated heterocycles. The van der Waals surface area contributed by atoms with Crippen molar-refractivity contribution < 1.29 is 14.3 Å². The number of benzene rings is 2. The van der Waals surface area contributed by atoms with Gasteiger partial charge in [0.05, 0.1) is 5.02 Å². The molecule has 1 N–H and O–H groups in total. The van der Waals surface area contributed by atoms with Crippen LogP contribution in [0.5, 0.6) is 17.2 Å². The number of aromatic nitrogens is 1. The van der Waals surface area contributed by atoms with Crippen LogP contribution in [0.2, 0.25) is 10.0 Å². The number of hydrogen-bond donors (Lipinski definition) is 1. The summed E-state index contributed by atoms with van der Waals surface area (Å²) in [6, 6.07) is 15.6. The molecule has 2 aromatic carbocycles. The first kappa shape index (κ1) is 19.0. The van der Waals surface area contributed by atoms with Crippen LogP contribution in [-0.4, -0.2) is 17.0 Å². The molecule has 1 atom stereocenters. The second-order valence-electron chi connectivity index (χ2n) is 5.61. The highest BCUT2D eigenvalue weighted by atomic mass is 35.5. The Morgan fingerprint density at radius 2 is 1.78 bits per heavy atom. The van der Waals surface area contributed by atoms with E-state index in [0.717, 1.165) is 0 Å². The van der Waals surface area contributed by atoms with E-state index in [2.05, 4.69) is 10.3 Å². The van der Waals surface area contributed by atoms with Crippen molar-refractivity contribution in [1.82, 2.24) is 4.98 Å². The van der Waals surface area contributed by atoms with Crippen molar-refractivity contribution in [3.05, 3.63) is 77.0 Å². The third kappa shape index (κ3) is 5.12. The lowest BCUT2D eigenvalue weighted by molar-refractivity contribution is -0.122. The van der Waals surface area contributed by atoms with Gasteiger partial charge in [0.1, 0.15) is 22.3 Å². The van der Waals surface area contributed by atoms with Gasteiger partial charge >= 0.3 is 0 Å². The molecule has 1 unspecified atom stereocenters. The third-order valence-electron chi connectivity index (χ3n) is 3.58. The van der Waals surface area contributed by atoms with E-state index in [9.17, 15) is 4.79 Å². The number of nitrogens with one attached hydrogen (secondary N) is 1. The number of hydrogen-bond acceptors (Lipinski definition) is 4. The molecule has 0 spiro atoms. The molecule has 0 aliphatic carbocycles. The van der Waals surface area contributed by atoms with Gasteiger partial charge in [0.2, 0.25) is 0 Å². The monoisotopic (exact) mass is 402 g/mol. The van der Waals surface area contributed by atoms with E-state index in [1.165, 1.54) is 0 Å². The van der Waals surface area contributed by atoms with Gasteiger partial charge in [0.15, 0.2) is 6.10 Å². The summed E-state index contributed by atoms with van der Waals surface area (Å²) < 4.78 is 11.4. The summed E-state index contributed by atoms with van der Waals surface area (Å²) in [5.41, 5.74) is 0.583. The second-order valence-corrected chi connectivity index (χ2v) is 6.40. The number of anilines is 1. The van der Waals surface area contributed by atoms with E-state index in [-0.39, 0.29) is 10.9 Å². The minimum Gasteiger partial charge on any atom is -0.479 e. The molecular weight excluding hydrogens is 387 g/mol. The van der Waals surface area contributed by atoms with Crippen molar-refractivity contribution in [1.29, 1.82) is 0 Å². The minimum absolute atomic E-state index is 0.270. The standard InChI is InChI=1S/C20H16Cl2N2O3/c1-13(26-18-7-3-6-17(21)19(18)22)20(25)24-14-4-2-5-16(12-14)27-15-8-10-23-11-9-15/h2-13H,1H3,(H,24,25). The number of ether oxygens (including phenoxy) is 2. The fraction of sp³-hybridized carbons (Fsp3) is 0.100. The Balaban J connectivity index is 1.65. The molecule has 3 rings (SSSR count). The maximum absolute atomic E-state index is 12.4. The van der Waals surface area contributed by atoms with Gasteiger partial charge in [-0.05, 0) is 43.3 Å². The predicted octanol–water partition coefficient (Wildman–Crippen LogP) is 5.59. The van der Waals surface area contributed by atoms with Gasteiger partial charge in [-0.3, -0.25) is 9.78 Å². The summed E-state index contributed by atoms with van der Waals surface area (Å²) in [5, 5.41) is 3.42. The highest BCUT2D eigenvalue weighted by Gasteiger charge is 2.17. The molecule has 0 saturated carbocycles. The smallest absolute Gasteiger partial charge is 0.265 e. The van der Waals surface area contributed by atoms with Crippen molar-refractivity contribution >= 4 is 34.8 Å². The van der Waals surface area contributed by atoms with Gasteiger partial charge in [-0.1, -0.05) is 35.3 Å². The van der Waals surface area contributed by atoms with Gasteiger partial charge < -0.3 is 14.8 Å². The summed E-state index contributed by atoms with van der Waals surface area (Å²) in [6.45, 7) is 1.63. The largest absolute Gasteiger partial charge is 0.479 e. The Kier molecular flexibility index (Phi) is 6.16. The van der Waals surface area contributed by atoms with Gasteiger partial charge in [0.25, 0.3) is 5.91 Å². The number of halogens is 2. The molecule has 0 radical (unpaired) electrons. The van der Waals surface area contributed by atoms with Crippen molar-refractivity contribution in [2.24, 2.45) is 0 Å². The van der Waals surface area contributed by atoms with Crippen LogP contribution in [0, 0.1) is 0 Å². The first-order valence-electron chi connectivity index (χ1n) is 8.12. The average molecular weight is 403 g/mol. The van der Waals surface area contributed by atoms with Crippen LogP contribution in [0.25, 0.3) is 0 Å². The lowest BCUT2D eigenvalue weighted by atomic mass is 10.2. The molecule has 7 heteroatoms. The minimum atomic E-state index is -0.772. The Morgan fingerprint density at radius 3 is 2.56 bits per heavy atom. The number of carbonyl (C=O) groups is 1. The number of amides is 1. The van der Waals surface area contributed by atoms with Crippen LogP contribution in [0.4, 0.5) is 5.69 Å². The zero-order valence-corrected chi connectivity index (χ0v) is 15.9. The van der Waals surface area contributed by atoms with Crippen LogP contribution in [0.1, 0.15) is 6.92 Å². The molecule has 3 aromatic rings. The fourth-order valence-corrected chi connectivity index (χ4v) is 2.58. The van der Waals surface area contributed by atoms with Gasteiger partial charge in [0, 0.05) is 24.1 Å². The van der Waals surface area contributed by atoms with Crippen molar-refractivity contribution in [3.8, 4) is 17.2 Å². The molecule has 1 heterocycles. The second kappa shape index (κ2) is 8.75. The lowest BCUT2D eigenvalue weighted by Crippen LogP contribution is -2.30. The lowest BCUT2D eigenvalue weighted by Gasteiger charge is -2.16. The Labute approximate surface area is 166 Å². The molecule has 0 aliphatic heterocycles. The SMILES string of the molecule is CC(Oc1cccc(Cl)c1Cl)C(=O)Nc1cccc(Oc2ccncc2)c1. The predicted molar refractivity (Wildman–Crippen MR) is 106 cm³/mol. The molecule has 0 aliphatic rings. The molecule has 5 nitrogen and oxygen atoms in total. The number of carbonyl (C=O) groups excluding carboxylic acids is 1. The van der Waals surface area contributed by atoms with E-state index >= 15 is 0 Å². The van der Waals surface area contributed by atoms with E-state index in [0.29, 0.717) is 28.0 Å². The molecular formula is C20H16Cl2N2O3. The van der Waals surface area contributed by atoms with E-state index in [4.69, 9.17) is 32.7 Å². The number of nitrogens with zero attached hydrogens (tertiary/aromatic N) is 1. The summed E-state index contributed by atoms with van der Waals surface area (Å²) in [6.07, 6.45) is 2.51. The summed E-state index contributed by atoms with van der Waals surface area (Å²) in [4.78, 5) is 16.4. The van der Waals surface area contributed by atoms with Crippen molar-refractivity contribution in [3.63, 3.8) is 0 Å².